The van der Waals surface area contributed by atoms with E-state index in [-0.39, 0.29) is 11.6 Å². The van der Waals surface area contributed by atoms with Crippen molar-refractivity contribution in [3.05, 3.63) is 72.1 Å². The number of halogens is 1. The number of nitrogens with one attached hydrogen (secondary N) is 2. The molecule has 0 radical (unpaired) electrons. The van der Waals surface area contributed by atoms with E-state index >= 15 is 0 Å². The van der Waals surface area contributed by atoms with Gasteiger partial charge in [-0.1, -0.05) is 31.2 Å². The third kappa shape index (κ3) is 3.06. The Morgan fingerprint density at radius 2 is 2.03 bits per heavy atom. The molecular weight excluding hydrogens is 383 g/mol. The molecule has 0 aliphatic carbocycles. The van der Waals surface area contributed by atoms with Gasteiger partial charge in [0.1, 0.15) is 29.1 Å². The van der Waals surface area contributed by atoms with Crippen LogP contribution in [0, 0.1) is 11.2 Å². The van der Waals surface area contributed by atoms with Gasteiger partial charge < -0.3 is 15.4 Å². The lowest BCUT2D eigenvalue weighted by molar-refractivity contribution is 0.463. The number of nitrogens with zero attached hydrogens (tertiary/aromatic N) is 4. The topological polar surface area (TPSA) is 99.1 Å². The Bertz CT molecular complexity index is 1280. The fourth-order valence-corrected chi connectivity index (χ4v) is 3.97. The molecule has 30 heavy (non-hydrogen) atoms. The molecule has 150 valence electrons. The van der Waals surface area contributed by atoms with Crippen molar-refractivity contribution in [3.8, 4) is 5.75 Å². The number of phenolic OH excluding ortho intramolecular Hbond substituents is 1. The normalized spacial score (nSPS) is 18.1. The quantitative estimate of drug-likeness (QED) is 0.479. The highest BCUT2D eigenvalue weighted by Crippen LogP contribution is 2.42. The van der Waals surface area contributed by atoms with E-state index in [1.807, 2.05) is 18.2 Å². The monoisotopic (exact) mass is 402 g/mol. The number of H-pyrrole nitrogens is 1. The summed E-state index contributed by atoms with van der Waals surface area (Å²) >= 11 is 0. The Morgan fingerprint density at radius 3 is 2.90 bits per heavy atom. The molecule has 1 aliphatic heterocycles. The van der Waals surface area contributed by atoms with Crippen LogP contribution >= 0.6 is 0 Å². The van der Waals surface area contributed by atoms with Crippen LogP contribution in [-0.2, 0) is 6.42 Å². The number of anilines is 1. The van der Waals surface area contributed by atoms with Crippen molar-refractivity contribution in [2.45, 2.75) is 13.3 Å². The summed E-state index contributed by atoms with van der Waals surface area (Å²) in [6, 6.07) is 11.8. The van der Waals surface area contributed by atoms with Crippen molar-refractivity contribution in [3.63, 3.8) is 0 Å². The summed E-state index contributed by atoms with van der Waals surface area (Å²) < 4.78 is 14.0. The third-order valence-electron chi connectivity index (χ3n) is 5.44. The number of benzene rings is 2. The number of aromatic hydroxyl groups is 1. The standard InChI is InChI=1S/C22H19FN6O/c1-22(10-24-20-18-21(26-11-25-18)28-12-27-20)9-14-5-3-7-16(30)17(14)29-19(22)13-4-2-6-15(23)8-13/h2-8,11-12,30H,9-10H2,1H3,(H2,24,25,26,27,28). The maximum absolute atomic E-state index is 14.0. The zero-order valence-corrected chi connectivity index (χ0v) is 16.2. The summed E-state index contributed by atoms with van der Waals surface area (Å²) in [5, 5.41) is 13.7. The lowest BCUT2D eigenvalue weighted by atomic mass is 9.74. The van der Waals surface area contributed by atoms with Crippen LogP contribution in [0.3, 0.4) is 0 Å². The van der Waals surface area contributed by atoms with Crippen LogP contribution in [0.2, 0.25) is 0 Å². The number of fused-ring (bicyclic) bond motifs is 2. The molecule has 3 heterocycles. The van der Waals surface area contributed by atoms with Gasteiger partial charge in [0.15, 0.2) is 11.5 Å². The number of imidazole rings is 1. The van der Waals surface area contributed by atoms with Crippen molar-refractivity contribution >= 4 is 28.4 Å². The van der Waals surface area contributed by atoms with Crippen LogP contribution < -0.4 is 5.32 Å². The molecule has 0 amide bonds. The molecule has 0 fully saturated rings. The fourth-order valence-electron chi connectivity index (χ4n) is 3.97. The van der Waals surface area contributed by atoms with E-state index in [1.165, 1.54) is 18.5 Å². The molecule has 0 saturated carbocycles. The second-order valence-electron chi connectivity index (χ2n) is 7.67. The second-order valence-corrected chi connectivity index (χ2v) is 7.67. The molecule has 2 aromatic carbocycles. The summed E-state index contributed by atoms with van der Waals surface area (Å²) in [6.07, 6.45) is 3.66. The largest absolute Gasteiger partial charge is 0.506 e. The summed E-state index contributed by atoms with van der Waals surface area (Å²) in [5.41, 5.74) is 3.68. The van der Waals surface area contributed by atoms with Gasteiger partial charge in [-0.15, -0.1) is 0 Å². The first-order valence-electron chi connectivity index (χ1n) is 9.57. The minimum Gasteiger partial charge on any atom is -0.506 e. The van der Waals surface area contributed by atoms with E-state index in [0.29, 0.717) is 41.4 Å². The highest BCUT2D eigenvalue weighted by Gasteiger charge is 2.37. The van der Waals surface area contributed by atoms with Gasteiger partial charge >= 0.3 is 0 Å². The molecule has 3 N–H and O–H groups in total. The number of aromatic nitrogens is 4. The SMILES string of the molecule is CC1(CNc2ncnc3nc[nH]c23)Cc2cccc(O)c2N=C1c1cccc(F)c1. The molecule has 7 nitrogen and oxygen atoms in total. The molecule has 0 bridgehead atoms. The highest BCUT2D eigenvalue weighted by atomic mass is 19.1. The number of hydrogen-bond acceptors (Lipinski definition) is 6. The number of rotatable bonds is 4. The van der Waals surface area contributed by atoms with E-state index < -0.39 is 5.41 Å². The van der Waals surface area contributed by atoms with Crippen molar-refractivity contribution < 1.29 is 9.50 Å². The number of para-hydroxylation sites is 1. The molecule has 0 spiro atoms. The molecule has 5 rings (SSSR count). The van der Waals surface area contributed by atoms with Crippen LogP contribution in [0.4, 0.5) is 15.9 Å². The maximum Gasteiger partial charge on any atom is 0.182 e. The number of phenols is 1. The van der Waals surface area contributed by atoms with E-state index in [1.54, 1.807) is 18.5 Å². The first-order chi connectivity index (χ1) is 14.5. The van der Waals surface area contributed by atoms with Crippen molar-refractivity contribution in [1.29, 1.82) is 0 Å². The highest BCUT2D eigenvalue weighted by molar-refractivity contribution is 6.08. The predicted molar refractivity (Wildman–Crippen MR) is 113 cm³/mol. The Labute approximate surface area is 171 Å². The molecule has 2 aromatic heterocycles. The fraction of sp³-hybridized carbons (Fsp3) is 0.182. The Balaban J connectivity index is 1.57. The molecule has 0 saturated heterocycles. The van der Waals surface area contributed by atoms with Gasteiger partial charge in [-0.25, -0.2) is 24.3 Å². The summed E-state index contributed by atoms with van der Waals surface area (Å²) in [6.45, 7) is 2.56. The van der Waals surface area contributed by atoms with Crippen LogP contribution in [0.5, 0.6) is 5.75 Å². The number of aliphatic imine (C=N–C) groups is 1. The van der Waals surface area contributed by atoms with Crippen LogP contribution in [-0.4, -0.2) is 37.3 Å². The lowest BCUT2D eigenvalue weighted by Gasteiger charge is -2.36. The third-order valence-corrected chi connectivity index (χ3v) is 5.44. The molecular formula is C22H19FN6O. The predicted octanol–water partition coefficient (Wildman–Crippen LogP) is 3.99. The Hall–Kier alpha value is -3.81. The van der Waals surface area contributed by atoms with E-state index in [2.05, 4.69) is 32.2 Å². The summed E-state index contributed by atoms with van der Waals surface area (Å²) in [5.74, 6) is 0.425. The zero-order chi connectivity index (χ0) is 20.7. The van der Waals surface area contributed by atoms with E-state index in [0.717, 1.165) is 11.1 Å². The number of hydrogen-bond donors (Lipinski definition) is 3. The van der Waals surface area contributed by atoms with Gasteiger partial charge in [0.2, 0.25) is 0 Å². The Morgan fingerprint density at radius 1 is 1.17 bits per heavy atom. The lowest BCUT2D eigenvalue weighted by Crippen LogP contribution is -2.39. The Kier molecular flexibility index (Phi) is 4.20. The van der Waals surface area contributed by atoms with E-state index in [9.17, 15) is 9.50 Å². The van der Waals surface area contributed by atoms with Crippen molar-refractivity contribution in [1.82, 2.24) is 19.9 Å². The van der Waals surface area contributed by atoms with Crippen molar-refractivity contribution in [2.24, 2.45) is 10.4 Å². The second kappa shape index (κ2) is 6.91. The van der Waals surface area contributed by atoms with Gasteiger partial charge in [0.25, 0.3) is 0 Å². The average Bonchev–Trinajstić information content (AvgIpc) is 3.21. The van der Waals surface area contributed by atoms with Gasteiger partial charge in [-0.3, -0.25) is 0 Å². The first-order valence-corrected chi connectivity index (χ1v) is 9.57. The minimum atomic E-state index is -0.480. The van der Waals surface area contributed by atoms with Crippen LogP contribution in [0.15, 0.2) is 60.1 Å². The smallest absolute Gasteiger partial charge is 0.182 e. The molecule has 1 aliphatic rings. The zero-order valence-electron chi connectivity index (χ0n) is 16.2. The van der Waals surface area contributed by atoms with E-state index in [4.69, 9.17) is 4.99 Å². The molecule has 1 unspecified atom stereocenters. The minimum absolute atomic E-state index is 0.117. The molecule has 8 heteroatoms. The molecule has 1 atom stereocenters. The van der Waals surface area contributed by atoms with Gasteiger partial charge in [-0.2, -0.15) is 0 Å². The average molecular weight is 402 g/mol. The van der Waals surface area contributed by atoms with Gasteiger partial charge in [-0.05, 0) is 35.7 Å². The molecule has 4 aromatic rings. The number of aromatic amines is 1. The first kappa shape index (κ1) is 18.2. The summed E-state index contributed by atoms with van der Waals surface area (Å²) in [4.78, 5) is 20.5. The van der Waals surface area contributed by atoms with Gasteiger partial charge in [0.05, 0.1) is 12.0 Å². The summed E-state index contributed by atoms with van der Waals surface area (Å²) in [7, 11) is 0. The van der Waals surface area contributed by atoms with Gasteiger partial charge in [0, 0.05) is 12.0 Å². The van der Waals surface area contributed by atoms with Crippen LogP contribution in [0.25, 0.3) is 11.2 Å². The van der Waals surface area contributed by atoms with Crippen molar-refractivity contribution in [2.75, 3.05) is 11.9 Å². The maximum atomic E-state index is 14.0. The van der Waals surface area contributed by atoms with Crippen LogP contribution in [0.1, 0.15) is 18.1 Å².